The molecular formula is C31H20N2O8+2. The lowest BCUT2D eigenvalue weighted by molar-refractivity contribution is -0.963. The van der Waals surface area contributed by atoms with Gasteiger partial charge in [-0.05, 0) is 57.5 Å². The smallest absolute Gasteiger partial charge is 0.434 e. The number of hydrogen-bond donors (Lipinski definition) is 2. The van der Waals surface area contributed by atoms with Crippen molar-refractivity contribution in [1.82, 2.24) is 0 Å². The topological polar surface area (TPSA) is 143 Å². The van der Waals surface area contributed by atoms with Crippen molar-refractivity contribution in [3.63, 3.8) is 0 Å². The quantitative estimate of drug-likeness (QED) is 0.272. The van der Waals surface area contributed by atoms with Crippen molar-refractivity contribution >= 4 is 35.8 Å². The van der Waals surface area contributed by atoms with Crippen molar-refractivity contribution in [3.8, 4) is 0 Å². The van der Waals surface area contributed by atoms with E-state index in [2.05, 4.69) is 0 Å². The van der Waals surface area contributed by atoms with Gasteiger partial charge in [0.05, 0.1) is 33.4 Å². The Bertz CT molecular complexity index is 1630. The Morgan fingerprint density at radius 1 is 0.439 bits per heavy atom. The average Bonchev–Trinajstić information content (AvgIpc) is 3.37. The first-order chi connectivity index (χ1) is 19.7. The number of carbonyl (C=O) groups excluding carboxylic acids is 4. The van der Waals surface area contributed by atoms with Crippen LogP contribution < -0.4 is 0 Å². The van der Waals surface area contributed by atoms with Crippen LogP contribution in [0.1, 0.15) is 52.6 Å². The van der Waals surface area contributed by atoms with Crippen LogP contribution in [0, 0.1) is 0 Å². The number of benzene rings is 4. The molecule has 2 N–H and O–H groups in total. The summed E-state index contributed by atoms with van der Waals surface area (Å²) in [5.74, 6) is -5.16. The van der Waals surface area contributed by atoms with Crippen LogP contribution in [0.4, 0.5) is 9.59 Å². The second-order valence-corrected chi connectivity index (χ2v) is 9.62. The van der Waals surface area contributed by atoms with Crippen molar-refractivity contribution in [2.45, 2.75) is 5.66 Å². The van der Waals surface area contributed by atoms with Crippen molar-refractivity contribution in [2.24, 2.45) is 0 Å². The molecule has 0 bridgehead atoms. The second-order valence-electron chi connectivity index (χ2n) is 9.62. The van der Waals surface area contributed by atoms with Gasteiger partial charge in [0.15, 0.2) is 0 Å². The molecule has 0 aliphatic carbocycles. The number of hydrogen-bond acceptors (Lipinski definition) is 6. The van der Waals surface area contributed by atoms with Crippen LogP contribution in [-0.2, 0) is 5.66 Å². The van der Waals surface area contributed by atoms with Gasteiger partial charge in [0, 0.05) is 0 Å². The van der Waals surface area contributed by atoms with E-state index >= 15 is 0 Å². The third-order valence-corrected chi connectivity index (χ3v) is 7.89. The van der Waals surface area contributed by atoms with E-state index in [9.17, 15) is 39.0 Å². The van der Waals surface area contributed by atoms with Gasteiger partial charge < -0.3 is 10.2 Å². The van der Waals surface area contributed by atoms with Crippen molar-refractivity contribution < 1.29 is 47.9 Å². The number of nitrogens with zero attached hydrogens (tertiary/aromatic N) is 2. The molecule has 10 heteroatoms. The van der Waals surface area contributed by atoms with E-state index in [-0.39, 0.29) is 33.4 Å². The molecule has 0 unspecified atom stereocenters. The van der Waals surface area contributed by atoms with Gasteiger partial charge >= 0.3 is 41.5 Å². The maximum atomic E-state index is 14.5. The number of fused-ring (bicyclic) bond motifs is 2. The molecular weight excluding hydrogens is 528 g/mol. The van der Waals surface area contributed by atoms with Gasteiger partial charge in [-0.2, -0.15) is 9.59 Å². The summed E-state index contributed by atoms with van der Waals surface area (Å²) >= 11 is 0. The molecule has 0 saturated heterocycles. The highest BCUT2D eigenvalue weighted by molar-refractivity contribution is 6.21. The molecule has 0 fully saturated rings. The third kappa shape index (κ3) is 2.76. The molecule has 0 radical (unpaired) electrons. The lowest BCUT2D eigenvalue weighted by Gasteiger charge is -2.47. The Hall–Kier alpha value is -5.58. The number of carbonyl (C=O) groups is 6. The average molecular weight is 549 g/mol. The van der Waals surface area contributed by atoms with Crippen LogP contribution in [0.2, 0.25) is 0 Å². The van der Waals surface area contributed by atoms with Crippen LogP contribution in [0.25, 0.3) is 0 Å². The minimum Gasteiger partial charge on any atom is -0.434 e. The standard InChI is InChI=1S/C31H18N2O8/c34-25-21-15-7-8-16-22(21)26(35)32(25,29(38)39)31(19-11-3-1-4-12-19,20-13-5-2-6-14-20)33(30(40)41)27(36)23-17-9-10-18-24(23)28(33)37/h1-18H/p+2. The molecule has 0 atom stereocenters. The van der Waals surface area contributed by atoms with Gasteiger partial charge in [0.1, 0.15) is 0 Å². The molecule has 200 valence electrons. The van der Waals surface area contributed by atoms with Crippen molar-refractivity contribution in [3.05, 3.63) is 143 Å². The van der Waals surface area contributed by atoms with E-state index in [1.165, 1.54) is 97.1 Å². The van der Waals surface area contributed by atoms with E-state index in [1.54, 1.807) is 12.1 Å². The summed E-state index contributed by atoms with van der Waals surface area (Å²) in [5.41, 5.74) is -4.57. The predicted molar refractivity (Wildman–Crippen MR) is 140 cm³/mol. The Balaban J connectivity index is 1.93. The van der Waals surface area contributed by atoms with Gasteiger partial charge in [-0.3, -0.25) is 0 Å². The second kappa shape index (κ2) is 8.71. The van der Waals surface area contributed by atoms with Gasteiger partial charge in [-0.15, -0.1) is 0 Å². The van der Waals surface area contributed by atoms with Crippen molar-refractivity contribution in [2.75, 3.05) is 0 Å². The highest BCUT2D eigenvalue weighted by atomic mass is 16.4. The zero-order valence-electron chi connectivity index (χ0n) is 21.1. The molecule has 0 spiro atoms. The molecule has 41 heavy (non-hydrogen) atoms. The Morgan fingerprint density at radius 2 is 0.683 bits per heavy atom. The van der Waals surface area contributed by atoms with Crippen LogP contribution in [-0.4, -0.2) is 55.0 Å². The third-order valence-electron chi connectivity index (χ3n) is 7.89. The van der Waals surface area contributed by atoms with E-state index in [4.69, 9.17) is 0 Å². The summed E-state index contributed by atoms with van der Waals surface area (Å²) in [6, 6.07) is 24.9. The molecule has 10 nitrogen and oxygen atoms in total. The zero-order valence-corrected chi connectivity index (χ0v) is 21.1. The Morgan fingerprint density at radius 3 is 0.927 bits per heavy atom. The van der Waals surface area contributed by atoms with Crippen molar-refractivity contribution in [1.29, 1.82) is 0 Å². The van der Waals surface area contributed by atoms with Crippen LogP contribution in [0.3, 0.4) is 0 Å². The van der Waals surface area contributed by atoms with E-state index < -0.39 is 50.4 Å². The predicted octanol–water partition coefficient (Wildman–Crippen LogP) is 4.87. The van der Waals surface area contributed by atoms with E-state index in [1.807, 2.05) is 0 Å². The van der Waals surface area contributed by atoms with E-state index in [0.717, 1.165) is 0 Å². The lowest BCUT2D eigenvalue weighted by atomic mass is 9.82. The largest absolute Gasteiger partial charge is 0.535 e. The summed E-state index contributed by atoms with van der Waals surface area (Å²) in [6.45, 7) is 0. The fourth-order valence-corrected chi connectivity index (χ4v) is 6.34. The Labute approximate surface area is 232 Å². The molecule has 2 heterocycles. The molecule has 0 saturated carbocycles. The van der Waals surface area contributed by atoms with Gasteiger partial charge in [-0.25, -0.2) is 19.2 Å². The number of amides is 6. The Kier molecular flexibility index (Phi) is 5.46. The molecule has 2 aliphatic heterocycles. The number of imide groups is 6. The first kappa shape index (κ1) is 25.7. The van der Waals surface area contributed by atoms with Crippen LogP contribution in [0.5, 0.6) is 0 Å². The molecule has 0 aromatic heterocycles. The number of carboxylic acid groups (broad SMARTS) is 2. The summed E-state index contributed by atoms with van der Waals surface area (Å²) in [7, 11) is 0. The summed E-state index contributed by atoms with van der Waals surface area (Å²) in [6.07, 6.45) is -4.11. The summed E-state index contributed by atoms with van der Waals surface area (Å²) in [5, 5.41) is 22.2. The highest BCUT2D eigenvalue weighted by Crippen LogP contribution is 2.57. The molecule has 4 aromatic rings. The van der Waals surface area contributed by atoms with Crippen LogP contribution >= 0.6 is 0 Å². The fourth-order valence-electron chi connectivity index (χ4n) is 6.34. The molecule has 2 aliphatic rings. The van der Waals surface area contributed by atoms with E-state index in [0.29, 0.717) is 0 Å². The van der Waals surface area contributed by atoms with Crippen LogP contribution in [0.15, 0.2) is 109 Å². The lowest BCUT2D eigenvalue weighted by Crippen LogP contribution is -2.83. The number of quaternary nitrogens is 2. The first-order valence-corrected chi connectivity index (χ1v) is 12.4. The minimum absolute atomic E-state index is 0.222. The fraction of sp³-hybridized carbons (Fsp3) is 0.0323. The molecule has 4 aromatic carbocycles. The van der Waals surface area contributed by atoms with Gasteiger partial charge in [0.25, 0.3) is 0 Å². The molecule has 6 amide bonds. The zero-order chi connectivity index (χ0) is 29.2. The van der Waals surface area contributed by atoms with Gasteiger partial charge in [-0.1, -0.05) is 60.7 Å². The maximum absolute atomic E-state index is 14.5. The van der Waals surface area contributed by atoms with Gasteiger partial charge in [0.2, 0.25) is 0 Å². The SMILES string of the molecule is O=C(O)[N+]1(C(c2ccccc2)(c2ccccc2)[N+]2(C(=O)O)C(=O)c3ccccc3C2=O)C(=O)c2ccccc2C1=O. The normalized spacial score (nSPS) is 16.8. The first-order valence-electron chi connectivity index (χ1n) is 12.4. The highest BCUT2D eigenvalue weighted by Gasteiger charge is 2.88. The number of rotatable bonds is 4. The minimum atomic E-state index is -3.00. The summed E-state index contributed by atoms with van der Waals surface area (Å²) < 4.78 is -4.48. The monoisotopic (exact) mass is 548 g/mol. The molecule has 6 rings (SSSR count). The maximum Gasteiger partial charge on any atom is 0.535 e. The summed E-state index contributed by atoms with van der Waals surface area (Å²) in [4.78, 5) is 85.5.